The Kier molecular flexibility index (Phi) is 4.04. The predicted octanol–water partition coefficient (Wildman–Crippen LogP) is 3.39. The average molecular weight is 277 g/mol. The molecule has 2 nitrogen and oxygen atoms in total. The van der Waals surface area contributed by atoms with Crippen LogP contribution in [-0.2, 0) is 12.0 Å². The number of hydrogen-bond acceptors (Lipinski definition) is 2. The third-order valence-electron chi connectivity index (χ3n) is 3.27. The second-order valence-electron chi connectivity index (χ2n) is 5.07. The molecular weight excluding hydrogens is 260 g/mol. The summed E-state index contributed by atoms with van der Waals surface area (Å²) >= 11 is 0. The summed E-state index contributed by atoms with van der Waals surface area (Å²) in [5.41, 5.74) is 6.29. The Bertz CT molecular complexity index is 594. The molecule has 0 bridgehead atoms. The van der Waals surface area contributed by atoms with E-state index in [2.05, 4.69) is 0 Å². The first-order valence-electron chi connectivity index (χ1n) is 6.30. The topological polar surface area (TPSA) is 35.2 Å². The SMILES string of the molecule is COc1ccc(CC(C)(N)c2cc(F)ccc2F)cc1. The number of methoxy groups -OCH3 is 1. The lowest BCUT2D eigenvalue weighted by molar-refractivity contribution is 0.414. The largest absolute Gasteiger partial charge is 0.497 e. The molecule has 20 heavy (non-hydrogen) atoms. The van der Waals surface area contributed by atoms with Crippen LogP contribution in [0.4, 0.5) is 8.78 Å². The molecule has 0 aromatic heterocycles. The lowest BCUT2D eigenvalue weighted by atomic mass is 9.86. The maximum absolute atomic E-state index is 13.8. The fourth-order valence-corrected chi connectivity index (χ4v) is 2.20. The minimum atomic E-state index is -0.985. The molecule has 4 heteroatoms. The Morgan fingerprint density at radius 3 is 2.35 bits per heavy atom. The number of halogens is 2. The van der Waals surface area contributed by atoms with Crippen LogP contribution in [0.5, 0.6) is 5.75 Å². The van der Waals surface area contributed by atoms with Gasteiger partial charge in [-0.1, -0.05) is 12.1 Å². The van der Waals surface area contributed by atoms with Crippen LogP contribution in [0.1, 0.15) is 18.1 Å². The maximum atomic E-state index is 13.8. The van der Waals surface area contributed by atoms with E-state index in [0.29, 0.717) is 6.42 Å². The number of hydrogen-bond donors (Lipinski definition) is 1. The molecule has 0 radical (unpaired) electrons. The number of rotatable bonds is 4. The van der Waals surface area contributed by atoms with E-state index in [1.807, 2.05) is 24.3 Å². The molecule has 0 aliphatic heterocycles. The molecule has 0 saturated heterocycles. The van der Waals surface area contributed by atoms with Gasteiger partial charge in [-0.05, 0) is 49.2 Å². The molecule has 0 aliphatic carbocycles. The van der Waals surface area contributed by atoms with Gasteiger partial charge in [0, 0.05) is 11.1 Å². The first-order valence-corrected chi connectivity index (χ1v) is 6.30. The van der Waals surface area contributed by atoms with Crippen molar-refractivity contribution in [1.29, 1.82) is 0 Å². The molecule has 2 rings (SSSR count). The summed E-state index contributed by atoms with van der Waals surface area (Å²) in [4.78, 5) is 0. The molecule has 0 amide bonds. The van der Waals surface area contributed by atoms with Crippen molar-refractivity contribution in [3.05, 3.63) is 65.2 Å². The van der Waals surface area contributed by atoms with Crippen molar-refractivity contribution in [2.75, 3.05) is 7.11 Å². The summed E-state index contributed by atoms with van der Waals surface area (Å²) in [5, 5.41) is 0. The normalized spacial score (nSPS) is 13.8. The molecular formula is C16H17F2NO. The predicted molar refractivity (Wildman–Crippen MR) is 74.6 cm³/mol. The zero-order chi connectivity index (χ0) is 14.8. The van der Waals surface area contributed by atoms with Crippen LogP contribution >= 0.6 is 0 Å². The maximum Gasteiger partial charge on any atom is 0.128 e. The van der Waals surface area contributed by atoms with E-state index < -0.39 is 17.2 Å². The number of benzene rings is 2. The lowest BCUT2D eigenvalue weighted by Gasteiger charge is -2.26. The van der Waals surface area contributed by atoms with Gasteiger partial charge in [0.1, 0.15) is 17.4 Å². The summed E-state index contributed by atoms with van der Waals surface area (Å²) < 4.78 is 32.2. The van der Waals surface area contributed by atoms with Crippen molar-refractivity contribution in [2.45, 2.75) is 18.9 Å². The molecule has 1 unspecified atom stereocenters. The number of ether oxygens (including phenoxy) is 1. The average Bonchev–Trinajstić information content (AvgIpc) is 2.42. The third-order valence-corrected chi connectivity index (χ3v) is 3.27. The van der Waals surface area contributed by atoms with E-state index in [1.165, 1.54) is 0 Å². The van der Waals surface area contributed by atoms with Gasteiger partial charge in [-0.15, -0.1) is 0 Å². The van der Waals surface area contributed by atoms with Gasteiger partial charge in [-0.25, -0.2) is 8.78 Å². The van der Waals surface area contributed by atoms with E-state index in [4.69, 9.17) is 10.5 Å². The summed E-state index contributed by atoms with van der Waals surface area (Å²) in [6, 6.07) is 10.7. The summed E-state index contributed by atoms with van der Waals surface area (Å²) in [6.45, 7) is 1.69. The molecule has 2 aromatic carbocycles. The van der Waals surface area contributed by atoms with Crippen molar-refractivity contribution >= 4 is 0 Å². The summed E-state index contributed by atoms with van der Waals surface area (Å²) in [7, 11) is 1.59. The smallest absolute Gasteiger partial charge is 0.128 e. The Labute approximate surface area is 117 Å². The van der Waals surface area contributed by atoms with E-state index in [-0.39, 0.29) is 5.56 Å². The van der Waals surface area contributed by atoms with Gasteiger partial charge in [-0.3, -0.25) is 0 Å². The quantitative estimate of drug-likeness (QED) is 0.929. The van der Waals surface area contributed by atoms with Gasteiger partial charge in [0.05, 0.1) is 7.11 Å². The standard InChI is InChI=1S/C16H17F2NO/c1-16(19,14-9-12(17)5-8-15(14)18)10-11-3-6-13(20-2)7-4-11/h3-9H,10,19H2,1-2H3. The molecule has 2 N–H and O–H groups in total. The van der Waals surface area contributed by atoms with Crippen LogP contribution < -0.4 is 10.5 Å². The highest BCUT2D eigenvalue weighted by Crippen LogP contribution is 2.26. The zero-order valence-corrected chi connectivity index (χ0v) is 11.5. The summed E-state index contributed by atoms with van der Waals surface area (Å²) in [5.74, 6) is -0.248. The zero-order valence-electron chi connectivity index (χ0n) is 11.5. The molecule has 0 fully saturated rings. The van der Waals surface area contributed by atoms with Crippen molar-refractivity contribution in [1.82, 2.24) is 0 Å². The van der Waals surface area contributed by atoms with Crippen LogP contribution in [0, 0.1) is 11.6 Å². The van der Waals surface area contributed by atoms with Crippen molar-refractivity contribution in [3.63, 3.8) is 0 Å². The van der Waals surface area contributed by atoms with Crippen molar-refractivity contribution < 1.29 is 13.5 Å². The highest BCUT2D eigenvalue weighted by atomic mass is 19.1. The van der Waals surface area contributed by atoms with E-state index in [0.717, 1.165) is 29.5 Å². The first-order chi connectivity index (χ1) is 9.42. The van der Waals surface area contributed by atoms with E-state index in [9.17, 15) is 8.78 Å². The Morgan fingerprint density at radius 2 is 1.75 bits per heavy atom. The van der Waals surface area contributed by atoms with Gasteiger partial charge in [0.2, 0.25) is 0 Å². The van der Waals surface area contributed by atoms with Gasteiger partial charge < -0.3 is 10.5 Å². The molecule has 0 aliphatic rings. The monoisotopic (exact) mass is 277 g/mol. The number of nitrogens with two attached hydrogens (primary N) is 1. The van der Waals surface area contributed by atoms with Crippen LogP contribution in [0.15, 0.2) is 42.5 Å². The minimum absolute atomic E-state index is 0.174. The second-order valence-corrected chi connectivity index (χ2v) is 5.07. The van der Waals surface area contributed by atoms with E-state index >= 15 is 0 Å². The van der Waals surface area contributed by atoms with Crippen molar-refractivity contribution in [2.24, 2.45) is 5.73 Å². The Balaban J connectivity index is 2.27. The molecule has 0 spiro atoms. The fourth-order valence-electron chi connectivity index (χ4n) is 2.20. The second kappa shape index (κ2) is 5.59. The Morgan fingerprint density at radius 1 is 1.10 bits per heavy atom. The highest BCUT2D eigenvalue weighted by molar-refractivity contribution is 5.32. The summed E-state index contributed by atoms with van der Waals surface area (Å²) in [6.07, 6.45) is 0.400. The first kappa shape index (κ1) is 14.5. The highest BCUT2D eigenvalue weighted by Gasteiger charge is 2.25. The van der Waals surface area contributed by atoms with E-state index in [1.54, 1.807) is 14.0 Å². The van der Waals surface area contributed by atoms with Crippen LogP contribution in [0.25, 0.3) is 0 Å². The minimum Gasteiger partial charge on any atom is -0.497 e. The van der Waals surface area contributed by atoms with Crippen LogP contribution in [-0.4, -0.2) is 7.11 Å². The Hall–Kier alpha value is -1.94. The fraction of sp³-hybridized carbons (Fsp3) is 0.250. The van der Waals surface area contributed by atoms with Gasteiger partial charge in [0.25, 0.3) is 0 Å². The third kappa shape index (κ3) is 3.14. The molecule has 0 saturated carbocycles. The van der Waals surface area contributed by atoms with Gasteiger partial charge >= 0.3 is 0 Å². The molecule has 1 atom stereocenters. The molecule has 2 aromatic rings. The van der Waals surface area contributed by atoms with Crippen LogP contribution in [0.2, 0.25) is 0 Å². The van der Waals surface area contributed by atoms with Crippen molar-refractivity contribution in [3.8, 4) is 5.75 Å². The lowest BCUT2D eigenvalue weighted by Crippen LogP contribution is -2.36. The van der Waals surface area contributed by atoms with Gasteiger partial charge in [0.15, 0.2) is 0 Å². The van der Waals surface area contributed by atoms with Crippen LogP contribution in [0.3, 0.4) is 0 Å². The van der Waals surface area contributed by atoms with Gasteiger partial charge in [-0.2, -0.15) is 0 Å². The molecule has 106 valence electrons. The molecule has 0 heterocycles.